The number of aromatic carboxylic acids is 1. The summed E-state index contributed by atoms with van der Waals surface area (Å²) >= 11 is 0. The zero-order valence-corrected chi connectivity index (χ0v) is 6.47. The molecule has 1 aromatic heterocycles. The molecule has 2 rings (SSSR count). The number of fused-ring (bicyclic) bond motifs is 1. The molecule has 0 unspecified atom stereocenters. The van der Waals surface area contributed by atoms with Gasteiger partial charge in [0.25, 0.3) is 5.91 Å². The number of carbonyl (C=O) groups excluding carboxylic acids is 1. The molecular formula is C7H5N3O3. The molecule has 0 aliphatic carbocycles. The molecule has 1 aliphatic rings. The Labute approximate surface area is 72.5 Å². The molecule has 0 atom stereocenters. The van der Waals surface area contributed by atoms with Crippen LogP contribution in [0.25, 0.3) is 0 Å². The minimum absolute atomic E-state index is 0.00185. The maximum atomic E-state index is 10.9. The van der Waals surface area contributed by atoms with Crippen LogP contribution in [0.15, 0.2) is 11.2 Å². The molecule has 0 saturated carbocycles. The first-order chi connectivity index (χ1) is 6.18. The highest BCUT2D eigenvalue weighted by atomic mass is 16.4. The standard InChI is InChI=1S/C7H5N3O3/c11-6-1-5-4(7(12)13)2-9-10(5)3-8-6/h2-3H,1H2,(H,12,13). The lowest BCUT2D eigenvalue weighted by Gasteiger charge is -2.05. The number of hydrogen-bond acceptors (Lipinski definition) is 3. The van der Waals surface area contributed by atoms with E-state index in [-0.39, 0.29) is 17.9 Å². The average molecular weight is 179 g/mol. The highest BCUT2D eigenvalue weighted by Gasteiger charge is 2.20. The molecule has 0 aromatic carbocycles. The zero-order chi connectivity index (χ0) is 9.42. The molecular weight excluding hydrogens is 174 g/mol. The molecule has 0 radical (unpaired) electrons. The van der Waals surface area contributed by atoms with E-state index in [1.165, 1.54) is 17.2 Å². The van der Waals surface area contributed by atoms with Gasteiger partial charge in [-0.25, -0.2) is 14.5 Å². The van der Waals surface area contributed by atoms with Gasteiger partial charge in [-0.15, -0.1) is 0 Å². The molecule has 1 aromatic rings. The van der Waals surface area contributed by atoms with Crippen LogP contribution in [0.3, 0.4) is 0 Å². The Kier molecular flexibility index (Phi) is 1.48. The van der Waals surface area contributed by atoms with Crippen LogP contribution in [0.2, 0.25) is 0 Å². The van der Waals surface area contributed by atoms with E-state index in [1.54, 1.807) is 0 Å². The van der Waals surface area contributed by atoms with E-state index in [9.17, 15) is 9.59 Å². The molecule has 0 fully saturated rings. The SMILES string of the molecule is O=C1Cc2c(C(=O)O)cnn2C=N1. The lowest BCUT2D eigenvalue weighted by Crippen LogP contribution is -2.17. The van der Waals surface area contributed by atoms with Crippen LogP contribution < -0.4 is 0 Å². The third kappa shape index (κ3) is 1.12. The Morgan fingerprint density at radius 2 is 2.38 bits per heavy atom. The molecule has 0 bridgehead atoms. The van der Waals surface area contributed by atoms with Gasteiger partial charge in [0.05, 0.1) is 18.3 Å². The highest BCUT2D eigenvalue weighted by molar-refractivity contribution is 5.95. The van der Waals surface area contributed by atoms with Gasteiger partial charge in [0, 0.05) is 0 Å². The molecule has 66 valence electrons. The fraction of sp³-hybridized carbons (Fsp3) is 0.143. The number of aromatic nitrogens is 2. The Morgan fingerprint density at radius 3 is 3.08 bits per heavy atom. The molecule has 13 heavy (non-hydrogen) atoms. The second-order valence-corrected chi connectivity index (χ2v) is 2.57. The number of hydrogen-bond donors (Lipinski definition) is 1. The zero-order valence-electron chi connectivity index (χ0n) is 6.47. The fourth-order valence-electron chi connectivity index (χ4n) is 1.15. The van der Waals surface area contributed by atoms with Crippen molar-refractivity contribution < 1.29 is 14.7 Å². The van der Waals surface area contributed by atoms with Gasteiger partial charge in [0.2, 0.25) is 0 Å². The van der Waals surface area contributed by atoms with Crippen LogP contribution in [-0.2, 0) is 11.2 Å². The van der Waals surface area contributed by atoms with Crippen LogP contribution >= 0.6 is 0 Å². The molecule has 2 heterocycles. The molecule has 6 heteroatoms. The Balaban J connectivity index is 2.55. The van der Waals surface area contributed by atoms with Crippen molar-refractivity contribution in [3.63, 3.8) is 0 Å². The summed E-state index contributed by atoms with van der Waals surface area (Å²) in [4.78, 5) is 25.0. The number of amides is 1. The van der Waals surface area contributed by atoms with Gasteiger partial charge in [-0.3, -0.25) is 4.79 Å². The summed E-state index contributed by atoms with van der Waals surface area (Å²) in [6.07, 6.45) is 2.42. The largest absolute Gasteiger partial charge is 0.478 e. The van der Waals surface area contributed by atoms with Crippen molar-refractivity contribution >= 4 is 18.2 Å². The summed E-state index contributed by atoms with van der Waals surface area (Å²) in [7, 11) is 0. The van der Waals surface area contributed by atoms with Crippen molar-refractivity contribution in [2.75, 3.05) is 0 Å². The van der Waals surface area contributed by atoms with Crippen LogP contribution in [0.1, 0.15) is 16.1 Å². The maximum Gasteiger partial charge on any atom is 0.339 e. The Morgan fingerprint density at radius 1 is 1.62 bits per heavy atom. The van der Waals surface area contributed by atoms with Crippen molar-refractivity contribution in [3.8, 4) is 0 Å². The topological polar surface area (TPSA) is 84.5 Å². The summed E-state index contributed by atoms with van der Waals surface area (Å²) in [5.41, 5.74) is 0.437. The van der Waals surface area contributed by atoms with Crippen LogP contribution in [0.4, 0.5) is 0 Å². The minimum Gasteiger partial charge on any atom is -0.478 e. The fourth-order valence-corrected chi connectivity index (χ4v) is 1.15. The lowest BCUT2D eigenvalue weighted by molar-refractivity contribution is -0.117. The Bertz CT molecular complexity index is 419. The smallest absolute Gasteiger partial charge is 0.339 e. The first-order valence-electron chi connectivity index (χ1n) is 3.55. The van der Waals surface area contributed by atoms with E-state index in [0.717, 1.165) is 0 Å². The first-order valence-corrected chi connectivity index (χ1v) is 3.55. The van der Waals surface area contributed by atoms with E-state index in [4.69, 9.17) is 5.11 Å². The quantitative estimate of drug-likeness (QED) is 0.632. The van der Waals surface area contributed by atoms with Gasteiger partial charge >= 0.3 is 5.97 Å². The number of nitrogens with zero attached hydrogens (tertiary/aromatic N) is 3. The number of carbonyl (C=O) groups is 2. The normalized spacial score (nSPS) is 14.3. The van der Waals surface area contributed by atoms with E-state index in [2.05, 4.69) is 10.1 Å². The van der Waals surface area contributed by atoms with E-state index in [1.807, 2.05) is 0 Å². The van der Waals surface area contributed by atoms with Crippen molar-refractivity contribution in [3.05, 3.63) is 17.5 Å². The van der Waals surface area contributed by atoms with Crippen LogP contribution in [-0.4, -0.2) is 33.1 Å². The summed E-state index contributed by atoms with van der Waals surface area (Å²) in [6, 6.07) is 0. The highest BCUT2D eigenvalue weighted by Crippen LogP contribution is 2.11. The van der Waals surface area contributed by atoms with Gasteiger partial charge in [-0.05, 0) is 0 Å². The second-order valence-electron chi connectivity index (χ2n) is 2.57. The number of carboxylic acid groups (broad SMARTS) is 1. The van der Waals surface area contributed by atoms with Gasteiger partial charge in [-0.2, -0.15) is 5.10 Å². The number of carboxylic acids is 1. The summed E-state index contributed by atoms with van der Waals surface area (Å²) in [5.74, 6) is -1.43. The van der Waals surface area contributed by atoms with Gasteiger partial charge < -0.3 is 5.11 Å². The maximum absolute atomic E-state index is 10.9. The van der Waals surface area contributed by atoms with Crippen molar-refractivity contribution in [1.82, 2.24) is 9.78 Å². The van der Waals surface area contributed by atoms with Crippen LogP contribution in [0, 0.1) is 0 Å². The minimum atomic E-state index is -1.08. The van der Waals surface area contributed by atoms with Gasteiger partial charge in [-0.1, -0.05) is 0 Å². The van der Waals surface area contributed by atoms with Crippen LogP contribution in [0.5, 0.6) is 0 Å². The molecule has 1 aliphatic heterocycles. The van der Waals surface area contributed by atoms with E-state index < -0.39 is 5.97 Å². The van der Waals surface area contributed by atoms with Crippen molar-refractivity contribution in [2.45, 2.75) is 6.42 Å². The third-order valence-corrected chi connectivity index (χ3v) is 1.76. The van der Waals surface area contributed by atoms with Gasteiger partial charge in [0.15, 0.2) is 0 Å². The molecule has 0 saturated heterocycles. The van der Waals surface area contributed by atoms with E-state index in [0.29, 0.717) is 5.69 Å². The first kappa shape index (κ1) is 7.66. The predicted octanol–water partition coefficient (Wildman–Crippen LogP) is -0.460. The molecule has 1 N–H and O–H groups in total. The molecule has 0 spiro atoms. The Hall–Kier alpha value is -1.98. The number of aliphatic imine (C=N–C) groups is 1. The number of rotatable bonds is 1. The summed E-state index contributed by atoms with van der Waals surface area (Å²) in [5, 5.41) is 12.5. The van der Waals surface area contributed by atoms with Crippen molar-refractivity contribution in [1.29, 1.82) is 0 Å². The van der Waals surface area contributed by atoms with E-state index >= 15 is 0 Å². The summed E-state index contributed by atoms with van der Waals surface area (Å²) in [6.45, 7) is 0. The molecule has 1 amide bonds. The average Bonchev–Trinajstić information content (AvgIpc) is 2.46. The third-order valence-electron chi connectivity index (χ3n) is 1.76. The molecule has 6 nitrogen and oxygen atoms in total. The predicted molar refractivity (Wildman–Crippen MR) is 41.8 cm³/mol. The lowest BCUT2D eigenvalue weighted by atomic mass is 10.2. The van der Waals surface area contributed by atoms with Crippen molar-refractivity contribution in [2.24, 2.45) is 4.99 Å². The monoisotopic (exact) mass is 179 g/mol. The van der Waals surface area contributed by atoms with Gasteiger partial charge in [0.1, 0.15) is 11.9 Å². The summed E-state index contributed by atoms with van der Waals surface area (Å²) < 4.78 is 1.30. The second kappa shape index (κ2) is 2.51.